The van der Waals surface area contributed by atoms with E-state index in [1.165, 1.54) is 5.56 Å². The van der Waals surface area contributed by atoms with Crippen LogP contribution in [0.4, 0.5) is 0 Å². The lowest BCUT2D eigenvalue weighted by Crippen LogP contribution is -1.92. The Morgan fingerprint density at radius 2 is 1.94 bits per heavy atom. The third-order valence-corrected chi connectivity index (χ3v) is 2.58. The number of aliphatic hydroxyl groups excluding tert-OH is 1. The summed E-state index contributed by atoms with van der Waals surface area (Å²) in [7, 11) is 0. The second-order valence-corrected chi connectivity index (χ2v) is 3.95. The number of rotatable bonds is 3. The summed E-state index contributed by atoms with van der Waals surface area (Å²) < 4.78 is 5.52. The van der Waals surface area contributed by atoms with Crippen molar-refractivity contribution in [1.29, 1.82) is 5.26 Å². The number of nitriles is 1. The van der Waals surface area contributed by atoms with Gasteiger partial charge in [0.25, 0.3) is 0 Å². The number of hydrogen-bond acceptors (Lipinski definition) is 3. The maximum atomic E-state index is 9.61. The van der Waals surface area contributed by atoms with Crippen LogP contribution in [0.5, 0.6) is 0 Å². The molecule has 0 aliphatic heterocycles. The van der Waals surface area contributed by atoms with Crippen LogP contribution in [-0.2, 0) is 0 Å². The second kappa shape index (κ2) is 4.86. The Bertz CT molecular complexity index is 534. The SMILES string of the molecule is Cc1ccc(-c2ccc(C(O)CC#N)o2)cc1. The molecule has 1 N–H and O–H groups in total. The first kappa shape index (κ1) is 11.4. The summed E-state index contributed by atoms with van der Waals surface area (Å²) in [4.78, 5) is 0. The molecule has 1 unspecified atom stereocenters. The molecular weight excluding hydrogens is 214 g/mol. The molecule has 0 radical (unpaired) electrons. The van der Waals surface area contributed by atoms with Gasteiger partial charge in [0.2, 0.25) is 0 Å². The first-order chi connectivity index (χ1) is 8.20. The zero-order valence-electron chi connectivity index (χ0n) is 9.55. The van der Waals surface area contributed by atoms with Gasteiger partial charge >= 0.3 is 0 Å². The fraction of sp³-hybridized carbons (Fsp3) is 0.214. The number of aryl methyl sites for hydroxylation is 1. The predicted molar refractivity (Wildman–Crippen MR) is 64.1 cm³/mol. The Labute approximate surface area is 99.9 Å². The van der Waals surface area contributed by atoms with Crippen LogP contribution in [-0.4, -0.2) is 5.11 Å². The molecule has 1 atom stereocenters. The number of aliphatic hydroxyl groups is 1. The van der Waals surface area contributed by atoms with Crippen LogP contribution in [0.25, 0.3) is 11.3 Å². The molecule has 3 nitrogen and oxygen atoms in total. The minimum Gasteiger partial charge on any atom is -0.458 e. The zero-order valence-corrected chi connectivity index (χ0v) is 9.55. The lowest BCUT2D eigenvalue weighted by atomic mass is 10.1. The van der Waals surface area contributed by atoms with Crippen molar-refractivity contribution in [2.24, 2.45) is 0 Å². The van der Waals surface area contributed by atoms with E-state index in [9.17, 15) is 5.11 Å². The fourth-order valence-corrected chi connectivity index (χ4v) is 1.59. The van der Waals surface area contributed by atoms with Crippen LogP contribution in [0.2, 0.25) is 0 Å². The van der Waals surface area contributed by atoms with Crippen molar-refractivity contribution < 1.29 is 9.52 Å². The molecule has 1 aromatic carbocycles. The molecule has 0 saturated carbocycles. The first-order valence-electron chi connectivity index (χ1n) is 5.42. The topological polar surface area (TPSA) is 57.2 Å². The van der Waals surface area contributed by atoms with Crippen LogP contribution in [0, 0.1) is 18.3 Å². The molecule has 0 fully saturated rings. The number of nitrogens with zero attached hydrogens (tertiary/aromatic N) is 1. The van der Waals surface area contributed by atoms with E-state index in [0.29, 0.717) is 11.5 Å². The zero-order chi connectivity index (χ0) is 12.3. The summed E-state index contributed by atoms with van der Waals surface area (Å²) >= 11 is 0. The molecule has 0 saturated heterocycles. The van der Waals surface area contributed by atoms with Gasteiger partial charge < -0.3 is 9.52 Å². The van der Waals surface area contributed by atoms with E-state index >= 15 is 0 Å². The van der Waals surface area contributed by atoms with Gasteiger partial charge in [-0.3, -0.25) is 0 Å². The normalized spacial score (nSPS) is 12.1. The molecule has 86 valence electrons. The summed E-state index contributed by atoms with van der Waals surface area (Å²) in [6.45, 7) is 2.02. The summed E-state index contributed by atoms with van der Waals surface area (Å²) in [5.74, 6) is 1.14. The molecule has 1 aromatic heterocycles. The first-order valence-corrected chi connectivity index (χ1v) is 5.42. The van der Waals surface area contributed by atoms with E-state index < -0.39 is 6.10 Å². The van der Waals surface area contributed by atoms with E-state index in [4.69, 9.17) is 9.68 Å². The van der Waals surface area contributed by atoms with Crippen LogP contribution < -0.4 is 0 Å². The van der Waals surface area contributed by atoms with E-state index in [-0.39, 0.29) is 6.42 Å². The third kappa shape index (κ3) is 2.55. The number of hydrogen-bond donors (Lipinski definition) is 1. The average Bonchev–Trinajstić information content (AvgIpc) is 2.80. The largest absolute Gasteiger partial charge is 0.458 e. The van der Waals surface area contributed by atoms with E-state index in [2.05, 4.69) is 0 Å². The number of furan rings is 1. The van der Waals surface area contributed by atoms with E-state index in [0.717, 1.165) is 5.56 Å². The maximum Gasteiger partial charge on any atom is 0.134 e. The van der Waals surface area contributed by atoms with Gasteiger partial charge in [0, 0.05) is 5.56 Å². The van der Waals surface area contributed by atoms with E-state index in [1.807, 2.05) is 37.3 Å². The molecule has 0 aliphatic rings. The summed E-state index contributed by atoms with van der Waals surface area (Å²) in [5.41, 5.74) is 2.15. The molecule has 1 heterocycles. The average molecular weight is 227 g/mol. The van der Waals surface area contributed by atoms with Gasteiger partial charge in [-0.05, 0) is 19.1 Å². The fourth-order valence-electron chi connectivity index (χ4n) is 1.59. The van der Waals surface area contributed by atoms with Crippen LogP contribution in [0.1, 0.15) is 23.8 Å². The van der Waals surface area contributed by atoms with Gasteiger partial charge in [-0.25, -0.2) is 0 Å². The summed E-state index contributed by atoms with van der Waals surface area (Å²) in [6, 6.07) is 13.4. The van der Waals surface area contributed by atoms with Crippen molar-refractivity contribution in [3.63, 3.8) is 0 Å². The molecule has 0 aliphatic carbocycles. The lowest BCUT2D eigenvalue weighted by molar-refractivity contribution is 0.156. The third-order valence-electron chi connectivity index (χ3n) is 2.58. The second-order valence-electron chi connectivity index (χ2n) is 3.95. The van der Waals surface area contributed by atoms with Gasteiger partial charge in [0.1, 0.15) is 17.6 Å². The number of benzene rings is 1. The minimum atomic E-state index is -0.848. The van der Waals surface area contributed by atoms with Crippen LogP contribution in [0.3, 0.4) is 0 Å². The Balaban J connectivity index is 2.24. The van der Waals surface area contributed by atoms with E-state index in [1.54, 1.807) is 12.1 Å². The molecule has 2 rings (SSSR count). The highest BCUT2D eigenvalue weighted by molar-refractivity contribution is 5.57. The highest BCUT2D eigenvalue weighted by atomic mass is 16.4. The smallest absolute Gasteiger partial charge is 0.134 e. The molecule has 17 heavy (non-hydrogen) atoms. The minimum absolute atomic E-state index is 0.0425. The highest BCUT2D eigenvalue weighted by Crippen LogP contribution is 2.26. The van der Waals surface area contributed by atoms with Gasteiger partial charge in [-0.2, -0.15) is 5.26 Å². The van der Waals surface area contributed by atoms with Crippen molar-refractivity contribution in [2.75, 3.05) is 0 Å². The predicted octanol–water partition coefficient (Wildman–Crippen LogP) is 3.20. The standard InChI is InChI=1S/C14H13NO2/c1-10-2-4-11(5-3-10)13-6-7-14(17-13)12(16)8-9-15/h2-7,12,16H,8H2,1H3. The van der Waals surface area contributed by atoms with Crippen molar-refractivity contribution in [1.82, 2.24) is 0 Å². The summed E-state index contributed by atoms with van der Waals surface area (Å²) in [6.07, 6.45) is -0.805. The van der Waals surface area contributed by atoms with Crippen molar-refractivity contribution in [2.45, 2.75) is 19.4 Å². The Kier molecular flexibility index (Phi) is 3.27. The Morgan fingerprint density at radius 1 is 1.24 bits per heavy atom. The molecule has 2 aromatic rings. The molecule has 3 heteroatoms. The molecular formula is C14H13NO2. The van der Waals surface area contributed by atoms with Crippen LogP contribution in [0.15, 0.2) is 40.8 Å². The van der Waals surface area contributed by atoms with Gasteiger partial charge in [0.15, 0.2) is 0 Å². The molecule has 0 amide bonds. The van der Waals surface area contributed by atoms with Crippen LogP contribution >= 0.6 is 0 Å². The maximum absolute atomic E-state index is 9.61. The molecule has 0 spiro atoms. The summed E-state index contributed by atoms with van der Waals surface area (Å²) in [5, 5.41) is 18.1. The lowest BCUT2D eigenvalue weighted by Gasteiger charge is -2.02. The van der Waals surface area contributed by atoms with Crippen molar-refractivity contribution >= 4 is 0 Å². The molecule has 0 bridgehead atoms. The highest BCUT2D eigenvalue weighted by Gasteiger charge is 2.12. The Morgan fingerprint density at radius 3 is 2.59 bits per heavy atom. The van der Waals surface area contributed by atoms with Crippen molar-refractivity contribution in [3.8, 4) is 17.4 Å². The van der Waals surface area contributed by atoms with Gasteiger partial charge in [0.05, 0.1) is 12.5 Å². The van der Waals surface area contributed by atoms with Gasteiger partial charge in [-0.1, -0.05) is 29.8 Å². The van der Waals surface area contributed by atoms with Crippen molar-refractivity contribution in [3.05, 3.63) is 47.7 Å². The monoisotopic (exact) mass is 227 g/mol. The quantitative estimate of drug-likeness (QED) is 0.875. The van der Waals surface area contributed by atoms with Gasteiger partial charge in [-0.15, -0.1) is 0 Å². The Hall–Kier alpha value is -2.05.